The van der Waals surface area contributed by atoms with Gasteiger partial charge in [0.25, 0.3) is 11.7 Å². The smallest absolute Gasteiger partial charge is 0.300 e. The molecule has 3 aromatic rings. The summed E-state index contributed by atoms with van der Waals surface area (Å²) in [7, 11) is 1.51. The van der Waals surface area contributed by atoms with Gasteiger partial charge in [0.15, 0.2) is 11.6 Å². The van der Waals surface area contributed by atoms with Crippen LogP contribution in [0.5, 0.6) is 5.75 Å². The largest absolute Gasteiger partial charge is 0.507 e. The van der Waals surface area contributed by atoms with Gasteiger partial charge in [-0.3, -0.25) is 19.5 Å². The highest BCUT2D eigenvalue weighted by molar-refractivity contribution is 6.51. The third-order valence-corrected chi connectivity index (χ3v) is 5.29. The molecule has 8 heteroatoms. The first-order valence-corrected chi connectivity index (χ1v) is 9.64. The molecular formula is C24H18F2N2O4. The van der Waals surface area contributed by atoms with Gasteiger partial charge in [-0.2, -0.15) is 0 Å². The summed E-state index contributed by atoms with van der Waals surface area (Å²) in [6.07, 6.45) is 2.95. The number of benzene rings is 2. The van der Waals surface area contributed by atoms with Gasteiger partial charge in [-0.25, -0.2) is 8.78 Å². The van der Waals surface area contributed by atoms with Gasteiger partial charge in [-0.1, -0.05) is 6.07 Å². The van der Waals surface area contributed by atoms with E-state index in [1.807, 2.05) is 0 Å². The summed E-state index contributed by atoms with van der Waals surface area (Å²) in [6.45, 7) is 1.77. The number of nitrogens with zero attached hydrogens (tertiary/aromatic N) is 2. The minimum Gasteiger partial charge on any atom is -0.507 e. The van der Waals surface area contributed by atoms with Gasteiger partial charge in [0.2, 0.25) is 0 Å². The predicted octanol–water partition coefficient (Wildman–Crippen LogP) is 4.30. The number of Topliss-reactive ketones (excluding diaryl/α,β-unsaturated/α-hetero) is 1. The van der Waals surface area contributed by atoms with E-state index >= 15 is 0 Å². The highest BCUT2D eigenvalue weighted by atomic mass is 19.2. The van der Waals surface area contributed by atoms with Crippen molar-refractivity contribution in [2.24, 2.45) is 0 Å². The minimum absolute atomic E-state index is 0.0233. The van der Waals surface area contributed by atoms with E-state index in [4.69, 9.17) is 4.74 Å². The number of aliphatic hydroxyl groups excluding tert-OH is 1. The van der Waals surface area contributed by atoms with Crippen LogP contribution in [-0.4, -0.2) is 28.9 Å². The molecule has 0 bridgehead atoms. The zero-order chi connectivity index (χ0) is 23.0. The lowest BCUT2D eigenvalue weighted by molar-refractivity contribution is -0.132. The van der Waals surface area contributed by atoms with E-state index in [0.717, 1.165) is 17.0 Å². The van der Waals surface area contributed by atoms with Crippen LogP contribution in [0.1, 0.15) is 22.7 Å². The van der Waals surface area contributed by atoms with E-state index in [9.17, 15) is 23.5 Å². The maximum Gasteiger partial charge on any atom is 0.300 e. The van der Waals surface area contributed by atoms with Crippen LogP contribution in [0.3, 0.4) is 0 Å². The van der Waals surface area contributed by atoms with Crippen molar-refractivity contribution in [3.63, 3.8) is 0 Å². The first-order valence-electron chi connectivity index (χ1n) is 9.64. The number of ether oxygens (including phenoxy) is 1. The molecule has 0 aliphatic carbocycles. The summed E-state index contributed by atoms with van der Waals surface area (Å²) in [6, 6.07) is 9.88. The SMILES string of the molecule is COc1ccc(/C(O)=C2\C(=O)C(=O)N(c3ccc(F)c(F)c3)C2c2cccnc2)cc1C. The summed E-state index contributed by atoms with van der Waals surface area (Å²) in [5, 5.41) is 11.1. The summed E-state index contributed by atoms with van der Waals surface area (Å²) < 4.78 is 32.7. The average molecular weight is 436 g/mol. The van der Waals surface area contributed by atoms with Gasteiger partial charge in [-0.05, 0) is 54.4 Å². The molecule has 2 heterocycles. The average Bonchev–Trinajstić information content (AvgIpc) is 3.06. The third-order valence-electron chi connectivity index (χ3n) is 5.29. The lowest BCUT2D eigenvalue weighted by Gasteiger charge is -2.25. The third kappa shape index (κ3) is 3.49. The molecule has 162 valence electrons. The number of anilines is 1. The summed E-state index contributed by atoms with van der Waals surface area (Å²) >= 11 is 0. The molecule has 1 aliphatic rings. The number of pyridine rings is 1. The highest BCUT2D eigenvalue weighted by Crippen LogP contribution is 2.42. The van der Waals surface area contributed by atoms with Gasteiger partial charge in [0.05, 0.1) is 18.7 Å². The van der Waals surface area contributed by atoms with Crippen molar-refractivity contribution in [3.8, 4) is 5.75 Å². The molecule has 1 amide bonds. The zero-order valence-electron chi connectivity index (χ0n) is 17.2. The van der Waals surface area contributed by atoms with Crippen LogP contribution in [-0.2, 0) is 9.59 Å². The van der Waals surface area contributed by atoms with E-state index in [2.05, 4.69) is 4.98 Å². The number of hydrogen-bond donors (Lipinski definition) is 1. The van der Waals surface area contributed by atoms with Crippen molar-refractivity contribution in [2.75, 3.05) is 12.0 Å². The molecule has 0 radical (unpaired) electrons. The molecule has 4 rings (SSSR count). The van der Waals surface area contributed by atoms with Crippen molar-refractivity contribution in [1.29, 1.82) is 0 Å². The Hall–Kier alpha value is -4.07. The van der Waals surface area contributed by atoms with Gasteiger partial charge < -0.3 is 9.84 Å². The standard InChI is InChI=1S/C24H18F2N2O4/c1-13-10-14(5-8-19(13)32-2)22(29)20-21(15-4-3-9-27-12-15)28(24(31)23(20)30)16-6-7-17(25)18(26)11-16/h3-12,21,29H,1-2H3/b22-20+. The summed E-state index contributed by atoms with van der Waals surface area (Å²) in [4.78, 5) is 31.1. The Morgan fingerprint density at radius 2 is 1.88 bits per heavy atom. The van der Waals surface area contributed by atoms with Crippen LogP contribution in [0.4, 0.5) is 14.5 Å². The molecule has 1 atom stereocenters. The number of methoxy groups -OCH3 is 1. The van der Waals surface area contributed by atoms with Crippen LogP contribution in [0.25, 0.3) is 5.76 Å². The van der Waals surface area contributed by atoms with E-state index in [-0.39, 0.29) is 11.3 Å². The molecule has 0 spiro atoms. The first kappa shape index (κ1) is 21.2. The Labute approximate surface area is 182 Å². The van der Waals surface area contributed by atoms with Crippen molar-refractivity contribution in [3.05, 3.63) is 94.8 Å². The number of aryl methyl sites for hydroxylation is 1. The Kier molecular flexibility index (Phi) is 5.44. The number of carbonyl (C=O) groups is 2. The van der Waals surface area contributed by atoms with Crippen LogP contribution in [0.15, 0.2) is 66.5 Å². The Balaban J connectivity index is 1.94. The van der Waals surface area contributed by atoms with Crippen molar-refractivity contribution < 1.29 is 28.2 Å². The number of rotatable bonds is 4. The molecule has 0 saturated carbocycles. The number of hydrogen-bond acceptors (Lipinski definition) is 5. The van der Waals surface area contributed by atoms with Gasteiger partial charge in [-0.15, -0.1) is 0 Å². The number of aromatic nitrogens is 1. The van der Waals surface area contributed by atoms with Gasteiger partial charge in [0, 0.05) is 29.7 Å². The summed E-state index contributed by atoms with van der Waals surface area (Å²) in [5.41, 5.74) is 1.23. The Morgan fingerprint density at radius 3 is 2.50 bits per heavy atom. The normalized spacial score (nSPS) is 17.6. The van der Waals surface area contributed by atoms with E-state index in [1.165, 1.54) is 25.6 Å². The number of carbonyl (C=O) groups excluding carboxylic acids is 2. The molecule has 32 heavy (non-hydrogen) atoms. The van der Waals surface area contributed by atoms with Crippen LogP contribution in [0.2, 0.25) is 0 Å². The Morgan fingerprint density at radius 1 is 1.09 bits per heavy atom. The predicted molar refractivity (Wildman–Crippen MR) is 113 cm³/mol. The second-order valence-corrected chi connectivity index (χ2v) is 7.24. The van der Waals surface area contributed by atoms with Gasteiger partial charge >= 0.3 is 0 Å². The zero-order valence-corrected chi connectivity index (χ0v) is 17.2. The molecule has 1 fully saturated rings. The molecular weight excluding hydrogens is 418 g/mol. The molecule has 1 aliphatic heterocycles. The fraction of sp³-hybridized carbons (Fsp3) is 0.125. The van der Waals surface area contributed by atoms with Crippen LogP contribution < -0.4 is 9.64 Å². The molecule has 1 saturated heterocycles. The fourth-order valence-corrected chi connectivity index (χ4v) is 3.77. The second kappa shape index (κ2) is 8.22. The topological polar surface area (TPSA) is 79.7 Å². The maximum absolute atomic E-state index is 13.9. The maximum atomic E-state index is 13.9. The number of aliphatic hydroxyl groups is 1. The van der Waals surface area contributed by atoms with Crippen LogP contribution in [0, 0.1) is 18.6 Å². The lowest BCUT2D eigenvalue weighted by atomic mass is 9.95. The minimum atomic E-state index is -1.17. The van der Waals surface area contributed by atoms with E-state index in [0.29, 0.717) is 22.4 Å². The fourth-order valence-electron chi connectivity index (χ4n) is 3.77. The Bertz CT molecular complexity index is 1260. The van der Waals surface area contributed by atoms with E-state index < -0.39 is 35.1 Å². The molecule has 6 nitrogen and oxygen atoms in total. The summed E-state index contributed by atoms with van der Waals surface area (Å²) in [5.74, 6) is -3.98. The quantitative estimate of drug-likeness (QED) is 0.375. The van der Waals surface area contributed by atoms with Crippen molar-refractivity contribution >= 4 is 23.1 Å². The highest BCUT2D eigenvalue weighted by Gasteiger charge is 2.47. The first-order chi connectivity index (χ1) is 15.3. The monoisotopic (exact) mass is 436 g/mol. The molecule has 1 unspecified atom stereocenters. The molecule has 1 N–H and O–H groups in total. The molecule has 2 aromatic carbocycles. The number of halogens is 2. The van der Waals surface area contributed by atoms with Crippen molar-refractivity contribution in [2.45, 2.75) is 13.0 Å². The van der Waals surface area contributed by atoms with E-state index in [1.54, 1.807) is 37.3 Å². The van der Waals surface area contributed by atoms with Crippen LogP contribution >= 0.6 is 0 Å². The molecule has 1 aromatic heterocycles. The van der Waals surface area contributed by atoms with Gasteiger partial charge in [0.1, 0.15) is 11.5 Å². The van der Waals surface area contributed by atoms with Crippen molar-refractivity contribution in [1.82, 2.24) is 4.98 Å². The number of ketones is 1. The second-order valence-electron chi connectivity index (χ2n) is 7.24. The lowest BCUT2D eigenvalue weighted by Crippen LogP contribution is -2.29. The number of amides is 1.